The van der Waals surface area contributed by atoms with Crippen LogP contribution in [-0.2, 0) is 0 Å². The van der Waals surface area contributed by atoms with Crippen molar-refractivity contribution < 1.29 is 13.9 Å². The van der Waals surface area contributed by atoms with E-state index >= 15 is 0 Å². The second-order valence-corrected chi connectivity index (χ2v) is 6.22. The van der Waals surface area contributed by atoms with Gasteiger partial charge in [-0.25, -0.2) is 4.39 Å². The van der Waals surface area contributed by atoms with E-state index in [0.29, 0.717) is 25.3 Å². The largest absolute Gasteiger partial charge is 0.494 e. The normalized spacial score (nSPS) is 10.5. The summed E-state index contributed by atoms with van der Waals surface area (Å²) < 4.78 is 19.8. The fourth-order valence-electron chi connectivity index (χ4n) is 2.56. The van der Waals surface area contributed by atoms with Gasteiger partial charge in [-0.2, -0.15) is 9.78 Å². The average Bonchev–Trinajstić information content (AvgIpc) is 2.69. The van der Waals surface area contributed by atoms with Crippen LogP contribution in [0.3, 0.4) is 0 Å². The van der Waals surface area contributed by atoms with Crippen molar-refractivity contribution in [3.63, 3.8) is 0 Å². The molecule has 144 valence electrons. The number of aromatic nitrogens is 2. The number of nitrogens with one attached hydrogen (secondary N) is 1. The first-order valence-electron chi connectivity index (χ1n) is 8.87. The summed E-state index contributed by atoms with van der Waals surface area (Å²) in [5, 5.41) is 6.81. The molecule has 1 amide bonds. The lowest BCUT2D eigenvalue weighted by Crippen LogP contribution is -2.30. The van der Waals surface area contributed by atoms with Gasteiger partial charge in [-0.1, -0.05) is 12.1 Å². The van der Waals surface area contributed by atoms with E-state index in [0.717, 1.165) is 16.0 Å². The number of benzene rings is 2. The quantitative estimate of drug-likeness (QED) is 0.639. The number of ether oxygens (including phenoxy) is 1. The number of carbonyl (C=O) groups excluding carboxylic acids is 1. The van der Waals surface area contributed by atoms with Gasteiger partial charge >= 0.3 is 0 Å². The van der Waals surface area contributed by atoms with Crippen LogP contribution in [0, 0.1) is 12.7 Å². The van der Waals surface area contributed by atoms with E-state index in [2.05, 4.69) is 10.4 Å². The number of hydrogen-bond donors (Lipinski definition) is 1. The van der Waals surface area contributed by atoms with Crippen LogP contribution in [0.1, 0.15) is 22.5 Å². The molecular weight excluding hydrogens is 361 g/mol. The summed E-state index contributed by atoms with van der Waals surface area (Å²) in [7, 11) is 0. The highest BCUT2D eigenvalue weighted by Gasteiger charge is 2.10. The number of aryl methyl sites for hydroxylation is 1. The Kier molecular flexibility index (Phi) is 6.16. The minimum Gasteiger partial charge on any atom is -0.494 e. The monoisotopic (exact) mass is 381 g/mol. The summed E-state index contributed by atoms with van der Waals surface area (Å²) in [5.74, 6) is -0.0237. The van der Waals surface area contributed by atoms with Gasteiger partial charge in [-0.05, 0) is 61.4 Å². The van der Waals surface area contributed by atoms with Crippen LogP contribution < -0.4 is 15.6 Å². The predicted molar refractivity (Wildman–Crippen MR) is 103 cm³/mol. The van der Waals surface area contributed by atoms with E-state index in [9.17, 15) is 14.0 Å². The molecule has 1 aromatic heterocycles. The Labute approximate surface area is 161 Å². The van der Waals surface area contributed by atoms with Crippen LogP contribution in [-0.4, -0.2) is 28.8 Å². The predicted octanol–water partition coefficient (Wildman–Crippen LogP) is 2.88. The zero-order valence-corrected chi connectivity index (χ0v) is 15.4. The first-order chi connectivity index (χ1) is 13.5. The summed E-state index contributed by atoms with van der Waals surface area (Å²) in [4.78, 5) is 24.3. The Morgan fingerprint density at radius 1 is 1.14 bits per heavy atom. The van der Waals surface area contributed by atoms with Crippen LogP contribution >= 0.6 is 0 Å². The minimum absolute atomic E-state index is 0.100. The SMILES string of the molecule is Cc1cccc(OCCCNC(=O)c2ccc(=O)n(-c3ccc(F)cc3)n2)c1. The molecular formula is C21H20FN3O3. The molecule has 1 N–H and O–H groups in total. The highest BCUT2D eigenvalue weighted by Crippen LogP contribution is 2.12. The van der Waals surface area contributed by atoms with Crippen molar-refractivity contribution in [2.75, 3.05) is 13.2 Å². The molecule has 3 rings (SSSR count). The van der Waals surface area contributed by atoms with Gasteiger partial charge in [0, 0.05) is 12.6 Å². The van der Waals surface area contributed by atoms with Gasteiger partial charge in [-0.15, -0.1) is 0 Å². The van der Waals surface area contributed by atoms with E-state index < -0.39 is 17.3 Å². The lowest BCUT2D eigenvalue weighted by atomic mass is 10.2. The summed E-state index contributed by atoms with van der Waals surface area (Å²) in [6.07, 6.45) is 0.622. The molecule has 1 heterocycles. The first kappa shape index (κ1) is 19.3. The van der Waals surface area contributed by atoms with E-state index in [4.69, 9.17) is 4.74 Å². The van der Waals surface area contributed by atoms with Crippen LogP contribution in [0.4, 0.5) is 4.39 Å². The van der Waals surface area contributed by atoms with Crippen molar-refractivity contribution in [1.82, 2.24) is 15.1 Å². The maximum absolute atomic E-state index is 13.1. The Morgan fingerprint density at radius 2 is 1.93 bits per heavy atom. The number of carbonyl (C=O) groups is 1. The average molecular weight is 381 g/mol. The zero-order valence-electron chi connectivity index (χ0n) is 15.4. The van der Waals surface area contributed by atoms with Gasteiger partial charge < -0.3 is 10.1 Å². The first-order valence-corrected chi connectivity index (χ1v) is 8.87. The highest BCUT2D eigenvalue weighted by atomic mass is 19.1. The molecule has 0 bridgehead atoms. The Bertz CT molecular complexity index is 1020. The molecule has 0 aliphatic heterocycles. The van der Waals surface area contributed by atoms with Gasteiger partial charge in [0.2, 0.25) is 0 Å². The van der Waals surface area contributed by atoms with Gasteiger partial charge in [0.1, 0.15) is 17.3 Å². The van der Waals surface area contributed by atoms with Gasteiger partial charge in [0.25, 0.3) is 11.5 Å². The maximum atomic E-state index is 13.1. The molecule has 2 aromatic carbocycles. The Morgan fingerprint density at radius 3 is 2.68 bits per heavy atom. The number of rotatable bonds is 7. The van der Waals surface area contributed by atoms with Crippen LogP contribution in [0.15, 0.2) is 65.5 Å². The van der Waals surface area contributed by atoms with E-state index in [1.54, 1.807) is 0 Å². The Hall–Kier alpha value is -3.48. The maximum Gasteiger partial charge on any atom is 0.271 e. The van der Waals surface area contributed by atoms with E-state index in [1.807, 2.05) is 31.2 Å². The van der Waals surface area contributed by atoms with E-state index in [1.165, 1.54) is 36.4 Å². The fraction of sp³-hybridized carbons (Fsp3) is 0.190. The molecule has 0 unspecified atom stereocenters. The molecule has 0 saturated heterocycles. The molecule has 0 aliphatic rings. The second kappa shape index (κ2) is 8.94. The van der Waals surface area contributed by atoms with Crippen LogP contribution in [0.25, 0.3) is 5.69 Å². The summed E-state index contributed by atoms with van der Waals surface area (Å²) in [6, 6.07) is 15.7. The molecule has 0 saturated carbocycles. The van der Waals surface area contributed by atoms with Crippen molar-refractivity contribution in [1.29, 1.82) is 0 Å². The minimum atomic E-state index is -0.418. The topological polar surface area (TPSA) is 73.2 Å². The molecule has 0 atom stereocenters. The third kappa shape index (κ3) is 5.03. The third-order valence-electron chi connectivity index (χ3n) is 3.97. The summed E-state index contributed by atoms with van der Waals surface area (Å²) in [5.41, 5.74) is 1.19. The van der Waals surface area contributed by atoms with Crippen molar-refractivity contribution >= 4 is 5.91 Å². The van der Waals surface area contributed by atoms with Gasteiger partial charge in [-0.3, -0.25) is 9.59 Å². The van der Waals surface area contributed by atoms with Crippen molar-refractivity contribution in [2.24, 2.45) is 0 Å². The molecule has 0 spiro atoms. The molecule has 0 aliphatic carbocycles. The lowest BCUT2D eigenvalue weighted by molar-refractivity contribution is 0.0944. The molecule has 3 aromatic rings. The number of amides is 1. The molecule has 0 radical (unpaired) electrons. The highest BCUT2D eigenvalue weighted by molar-refractivity contribution is 5.92. The summed E-state index contributed by atoms with van der Waals surface area (Å²) in [6.45, 7) is 2.86. The zero-order chi connectivity index (χ0) is 19.9. The lowest BCUT2D eigenvalue weighted by Gasteiger charge is -2.09. The Balaban J connectivity index is 1.55. The van der Waals surface area contributed by atoms with Crippen LogP contribution in [0.2, 0.25) is 0 Å². The fourth-order valence-corrected chi connectivity index (χ4v) is 2.56. The molecule has 0 fully saturated rings. The molecule has 28 heavy (non-hydrogen) atoms. The number of nitrogens with zero attached hydrogens (tertiary/aromatic N) is 2. The summed E-state index contributed by atoms with van der Waals surface area (Å²) >= 11 is 0. The number of hydrogen-bond acceptors (Lipinski definition) is 4. The van der Waals surface area contributed by atoms with Crippen molar-refractivity contribution in [3.8, 4) is 11.4 Å². The van der Waals surface area contributed by atoms with E-state index in [-0.39, 0.29) is 5.69 Å². The molecule has 6 nitrogen and oxygen atoms in total. The van der Waals surface area contributed by atoms with Gasteiger partial charge in [0.15, 0.2) is 0 Å². The number of halogens is 1. The second-order valence-electron chi connectivity index (χ2n) is 6.22. The third-order valence-corrected chi connectivity index (χ3v) is 3.97. The smallest absolute Gasteiger partial charge is 0.271 e. The standard InChI is InChI=1S/C21H20FN3O3/c1-15-4-2-5-18(14-15)28-13-3-12-23-21(27)19-10-11-20(26)25(24-19)17-8-6-16(22)7-9-17/h2,4-11,14H,3,12-13H2,1H3,(H,23,27). The van der Waals surface area contributed by atoms with Gasteiger partial charge in [0.05, 0.1) is 12.3 Å². The van der Waals surface area contributed by atoms with Crippen LogP contribution in [0.5, 0.6) is 5.75 Å². The molecule has 7 heteroatoms. The van der Waals surface area contributed by atoms with Crippen molar-refractivity contribution in [3.05, 3.63) is 88.1 Å². The van der Waals surface area contributed by atoms with Crippen molar-refractivity contribution in [2.45, 2.75) is 13.3 Å².